The van der Waals surface area contributed by atoms with Crippen LogP contribution in [0.4, 0.5) is 0 Å². The molecule has 0 aliphatic carbocycles. The maximum absolute atomic E-state index is 12.3. The molecule has 0 atom stereocenters. The third-order valence-corrected chi connectivity index (χ3v) is 8.76. The fourth-order valence-corrected chi connectivity index (χ4v) is 2.79. The molecule has 1 amide bonds. The molecule has 2 N–H and O–H groups in total. The monoisotopic (exact) mass is 338 g/mol. The van der Waals surface area contributed by atoms with Gasteiger partial charge < -0.3 is 10.2 Å². The van der Waals surface area contributed by atoms with Gasteiger partial charge in [0.15, 0.2) is 19.7 Å². The number of fused-ring (bicyclic) bond motifs is 1. The average molecular weight is 338 g/mol. The molecule has 2 heterocycles. The molecule has 0 unspecified atom stereocenters. The quantitative estimate of drug-likeness (QED) is 0.789. The Labute approximate surface area is 134 Å². The standard InChI is InChI=1S/C13H22N6O3Si/c1-13(2,3)23(4,5)22-7-6-19-12(21)18-8-15-9(10(14)20)11(18)16-17-19/h8H,6-7H2,1-5H3,(H2,14,20). The molecule has 2 rings (SSSR count). The summed E-state index contributed by atoms with van der Waals surface area (Å²) in [5.41, 5.74) is 4.73. The van der Waals surface area contributed by atoms with Crippen molar-refractivity contribution in [1.29, 1.82) is 0 Å². The molecule has 2 aromatic rings. The number of carbonyl (C=O) groups excluding carboxylic acids is 1. The predicted octanol–water partition coefficient (Wildman–Crippen LogP) is 0.407. The Balaban J connectivity index is 2.18. The number of nitrogens with zero attached hydrogens (tertiary/aromatic N) is 5. The van der Waals surface area contributed by atoms with E-state index in [1.165, 1.54) is 11.0 Å². The van der Waals surface area contributed by atoms with Crippen molar-refractivity contribution in [1.82, 2.24) is 24.4 Å². The first-order chi connectivity index (χ1) is 10.5. The lowest BCUT2D eigenvalue weighted by Crippen LogP contribution is -2.42. The molecule has 0 aliphatic heterocycles. The van der Waals surface area contributed by atoms with Crippen molar-refractivity contribution in [2.45, 2.75) is 45.4 Å². The highest BCUT2D eigenvalue weighted by Crippen LogP contribution is 2.36. The Morgan fingerprint density at radius 2 is 2.04 bits per heavy atom. The highest BCUT2D eigenvalue weighted by Gasteiger charge is 2.36. The molecule has 0 fully saturated rings. The van der Waals surface area contributed by atoms with Crippen molar-refractivity contribution >= 4 is 19.9 Å². The number of primary amides is 1. The van der Waals surface area contributed by atoms with Crippen LogP contribution in [0.2, 0.25) is 18.1 Å². The maximum atomic E-state index is 12.3. The van der Waals surface area contributed by atoms with Gasteiger partial charge in [0.25, 0.3) is 5.91 Å². The molecule has 0 aromatic carbocycles. The van der Waals surface area contributed by atoms with Crippen LogP contribution in [0.25, 0.3) is 5.65 Å². The maximum Gasteiger partial charge on any atom is 0.353 e. The van der Waals surface area contributed by atoms with E-state index in [0.29, 0.717) is 6.61 Å². The molecule has 2 aromatic heterocycles. The first-order valence-corrected chi connectivity index (χ1v) is 10.2. The molecule has 0 saturated carbocycles. The fourth-order valence-electron chi connectivity index (χ4n) is 1.75. The summed E-state index contributed by atoms with van der Waals surface area (Å²) in [5, 5.41) is 7.77. The number of rotatable bonds is 5. The van der Waals surface area contributed by atoms with E-state index in [1.54, 1.807) is 0 Å². The number of amides is 1. The number of imidazole rings is 1. The summed E-state index contributed by atoms with van der Waals surface area (Å²) in [6.07, 6.45) is 1.22. The van der Waals surface area contributed by atoms with Gasteiger partial charge in [-0.25, -0.2) is 14.2 Å². The van der Waals surface area contributed by atoms with Crippen molar-refractivity contribution in [3.8, 4) is 0 Å². The van der Waals surface area contributed by atoms with Gasteiger partial charge in [0.1, 0.15) is 6.33 Å². The van der Waals surface area contributed by atoms with Crippen LogP contribution in [0.1, 0.15) is 31.3 Å². The molecule has 23 heavy (non-hydrogen) atoms. The predicted molar refractivity (Wildman–Crippen MR) is 86.7 cm³/mol. The number of hydrogen-bond donors (Lipinski definition) is 1. The first kappa shape index (κ1) is 17.3. The Morgan fingerprint density at radius 3 is 2.61 bits per heavy atom. The summed E-state index contributed by atoms with van der Waals surface area (Å²) in [7, 11) is -1.88. The summed E-state index contributed by atoms with van der Waals surface area (Å²) in [6.45, 7) is 11.4. The van der Waals surface area contributed by atoms with Gasteiger partial charge in [-0.05, 0) is 18.1 Å². The summed E-state index contributed by atoms with van der Waals surface area (Å²) < 4.78 is 8.36. The van der Waals surface area contributed by atoms with Gasteiger partial charge >= 0.3 is 5.69 Å². The minimum absolute atomic E-state index is 0.0593. The largest absolute Gasteiger partial charge is 0.415 e. The summed E-state index contributed by atoms with van der Waals surface area (Å²) in [4.78, 5) is 27.3. The Kier molecular flexibility index (Phi) is 4.40. The molecule has 0 radical (unpaired) electrons. The summed E-state index contributed by atoms with van der Waals surface area (Å²) >= 11 is 0. The van der Waals surface area contributed by atoms with Gasteiger partial charge in [-0.1, -0.05) is 26.0 Å². The number of nitrogens with two attached hydrogens (primary N) is 1. The zero-order valence-electron chi connectivity index (χ0n) is 14.0. The van der Waals surface area contributed by atoms with Gasteiger partial charge in [-0.2, -0.15) is 4.68 Å². The number of aromatic nitrogens is 5. The van der Waals surface area contributed by atoms with E-state index in [4.69, 9.17) is 10.2 Å². The van der Waals surface area contributed by atoms with E-state index in [1.807, 2.05) is 0 Å². The molecular formula is C13H22N6O3Si. The minimum Gasteiger partial charge on any atom is -0.415 e. The van der Waals surface area contributed by atoms with Crippen LogP contribution in [-0.4, -0.2) is 45.2 Å². The average Bonchev–Trinajstić information content (AvgIpc) is 2.84. The van der Waals surface area contributed by atoms with Crippen molar-refractivity contribution in [3.63, 3.8) is 0 Å². The van der Waals surface area contributed by atoms with Gasteiger partial charge in [0.05, 0.1) is 13.2 Å². The Bertz CT molecular complexity index is 789. The van der Waals surface area contributed by atoms with E-state index in [2.05, 4.69) is 49.2 Å². The molecule has 0 aliphatic rings. The highest BCUT2D eigenvalue weighted by molar-refractivity contribution is 6.74. The van der Waals surface area contributed by atoms with E-state index in [0.717, 1.165) is 4.40 Å². The van der Waals surface area contributed by atoms with Gasteiger partial charge in [-0.3, -0.25) is 4.79 Å². The fraction of sp³-hybridized carbons (Fsp3) is 0.615. The second-order valence-corrected chi connectivity index (χ2v) is 11.7. The lowest BCUT2D eigenvalue weighted by Gasteiger charge is -2.36. The minimum atomic E-state index is -1.88. The van der Waals surface area contributed by atoms with Crippen LogP contribution in [-0.2, 0) is 11.0 Å². The summed E-state index contributed by atoms with van der Waals surface area (Å²) in [6, 6.07) is 0. The summed E-state index contributed by atoms with van der Waals surface area (Å²) in [5.74, 6) is -0.750. The third-order valence-electron chi connectivity index (χ3n) is 4.22. The topological polar surface area (TPSA) is 117 Å². The van der Waals surface area contributed by atoms with Gasteiger partial charge in [0.2, 0.25) is 0 Å². The third kappa shape index (κ3) is 3.32. The molecule has 9 nitrogen and oxygen atoms in total. The van der Waals surface area contributed by atoms with E-state index < -0.39 is 19.9 Å². The smallest absolute Gasteiger partial charge is 0.353 e. The van der Waals surface area contributed by atoms with Crippen LogP contribution >= 0.6 is 0 Å². The van der Waals surface area contributed by atoms with Crippen LogP contribution in [0.3, 0.4) is 0 Å². The van der Waals surface area contributed by atoms with Crippen molar-refractivity contribution in [3.05, 3.63) is 22.5 Å². The first-order valence-electron chi connectivity index (χ1n) is 7.29. The Morgan fingerprint density at radius 1 is 1.39 bits per heavy atom. The lowest BCUT2D eigenvalue weighted by atomic mass is 10.2. The molecule has 0 saturated heterocycles. The lowest BCUT2D eigenvalue weighted by molar-refractivity contribution is 0.0997. The normalized spacial score (nSPS) is 12.7. The van der Waals surface area contributed by atoms with E-state index in [9.17, 15) is 9.59 Å². The van der Waals surface area contributed by atoms with Crippen molar-refractivity contribution in [2.24, 2.45) is 5.73 Å². The second-order valence-electron chi connectivity index (χ2n) is 6.85. The van der Waals surface area contributed by atoms with Crippen molar-refractivity contribution in [2.75, 3.05) is 6.61 Å². The van der Waals surface area contributed by atoms with Crippen LogP contribution in [0.5, 0.6) is 0 Å². The highest BCUT2D eigenvalue weighted by atomic mass is 28.4. The zero-order chi connectivity index (χ0) is 17.4. The molecular weight excluding hydrogens is 316 g/mol. The molecule has 0 spiro atoms. The van der Waals surface area contributed by atoms with Crippen LogP contribution < -0.4 is 11.4 Å². The number of carbonyl (C=O) groups is 1. The van der Waals surface area contributed by atoms with E-state index >= 15 is 0 Å². The van der Waals surface area contributed by atoms with E-state index in [-0.39, 0.29) is 22.9 Å². The molecule has 126 valence electrons. The van der Waals surface area contributed by atoms with Crippen LogP contribution in [0.15, 0.2) is 11.1 Å². The SMILES string of the molecule is CC(C)(C)[Si](C)(C)OCCn1nnc2c(C(N)=O)ncn2c1=O. The molecule has 0 bridgehead atoms. The van der Waals surface area contributed by atoms with Crippen molar-refractivity contribution < 1.29 is 9.22 Å². The van der Waals surface area contributed by atoms with Gasteiger partial charge in [-0.15, -0.1) is 5.10 Å². The zero-order valence-corrected chi connectivity index (χ0v) is 15.0. The van der Waals surface area contributed by atoms with Gasteiger partial charge in [0, 0.05) is 0 Å². The molecule has 10 heteroatoms. The Hall–Kier alpha value is -2.07. The van der Waals surface area contributed by atoms with Crippen LogP contribution in [0, 0.1) is 0 Å². The number of hydrogen-bond acceptors (Lipinski definition) is 6. The second kappa shape index (κ2) is 5.85.